The Bertz CT molecular complexity index is 997. The summed E-state index contributed by atoms with van der Waals surface area (Å²) in [7, 11) is -3.64. The smallest absolute Gasteiger partial charge is 0.255 e. The molecule has 0 aliphatic rings. The van der Waals surface area contributed by atoms with Gasteiger partial charge in [0.25, 0.3) is 5.91 Å². The molecule has 0 saturated carbocycles. The summed E-state index contributed by atoms with van der Waals surface area (Å²) in [6, 6.07) is 9.14. The maximum atomic E-state index is 12.9. The summed E-state index contributed by atoms with van der Waals surface area (Å²) < 4.78 is 49.6. The van der Waals surface area contributed by atoms with E-state index in [1.165, 1.54) is 24.3 Å². The van der Waals surface area contributed by atoms with Crippen molar-refractivity contribution in [1.82, 2.24) is 4.72 Å². The maximum Gasteiger partial charge on any atom is 0.255 e. The fourth-order valence-electron chi connectivity index (χ4n) is 3.05. The van der Waals surface area contributed by atoms with Crippen molar-refractivity contribution >= 4 is 21.6 Å². The van der Waals surface area contributed by atoms with Gasteiger partial charge in [-0.25, -0.2) is 13.1 Å². The van der Waals surface area contributed by atoms with Crippen molar-refractivity contribution in [1.29, 1.82) is 0 Å². The summed E-state index contributed by atoms with van der Waals surface area (Å²) in [4.78, 5) is 13.0. The molecule has 0 aliphatic heterocycles. The van der Waals surface area contributed by atoms with Crippen molar-refractivity contribution in [3.05, 3.63) is 42.0 Å². The first kappa shape index (κ1) is 27.4. The summed E-state index contributed by atoms with van der Waals surface area (Å²) in [5, 5.41) is 2.77. The van der Waals surface area contributed by atoms with Crippen LogP contribution in [-0.4, -0.2) is 53.9 Å². The van der Waals surface area contributed by atoms with E-state index in [0.717, 1.165) is 0 Å². The number of rotatable bonds is 15. The Hall–Kier alpha value is -2.82. The molecule has 0 aromatic heterocycles. The van der Waals surface area contributed by atoms with E-state index in [0.29, 0.717) is 68.0 Å². The Morgan fingerprint density at radius 2 is 1.44 bits per heavy atom. The molecular weight excluding hydrogens is 460 g/mol. The topological polar surface area (TPSA) is 112 Å². The van der Waals surface area contributed by atoms with Crippen LogP contribution in [0.1, 0.15) is 44.5 Å². The zero-order valence-corrected chi connectivity index (χ0v) is 21.0. The molecule has 0 bridgehead atoms. The number of sulfonamides is 1. The van der Waals surface area contributed by atoms with E-state index in [1.54, 1.807) is 12.1 Å². The molecule has 188 valence electrons. The molecule has 34 heavy (non-hydrogen) atoms. The van der Waals surface area contributed by atoms with Crippen LogP contribution in [0.2, 0.25) is 0 Å². The number of carbonyl (C=O) groups excluding carboxylic acids is 1. The normalized spacial score (nSPS) is 11.2. The van der Waals surface area contributed by atoms with E-state index in [4.69, 9.17) is 18.9 Å². The molecule has 2 aromatic rings. The van der Waals surface area contributed by atoms with Gasteiger partial charge in [0, 0.05) is 31.0 Å². The second kappa shape index (κ2) is 13.8. The highest BCUT2D eigenvalue weighted by Gasteiger charge is 2.19. The molecule has 0 aliphatic carbocycles. The Labute approximate surface area is 201 Å². The summed E-state index contributed by atoms with van der Waals surface area (Å²) in [5.41, 5.74) is 0.771. The largest absolute Gasteiger partial charge is 0.490 e. The lowest BCUT2D eigenvalue weighted by atomic mass is 10.1. The third-order valence-electron chi connectivity index (χ3n) is 4.56. The van der Waals surface area contributed by atoms with Gasteiger partial charge in [0.2, 0.25) is 15.8 Å². The molecule has 0 spiro atoms. The minimum absolute atomic E-state index is 0.111. The van der Waals surface area contributed by atoms with Gasteiger partial charge in [-0.05, 0) is 70.5 Å². The lowest BCUT2D eigenvalue weighted by Crippen LogP contribution is -2.25. The molecule has 1 amide bonds. The monoisotopic (exact) mass is 494 g/mol. The average molecular weight is 495 g/mol. The van der Waals surface area contributed by atoms with Crippen molar-refractivity contribution in [2.24, 2.45) is 0 Å². The van der Waals surface area contributed by atoms with Crippen molar-refractivity contribution in [2.45, 2.75) is 39.0 Å². The van der Waals surface area contributed by atoms with E-state index in [-0.39, 0.29) is 11.4 Å². The number of amides is 1. The fraction of sp³-hybridized carbons (Fsp3) is 0.458. The molecule has 0 unspecified atom stereocenters. The van der Waals surface area contributed by atoms with Gasteiger partial charge in [0.1, 0.15) is 0 Å². The van der Waals surface area contributed by atoms with Crippen LogP contribution in [0.25, 0.3) is 0 Å². The summed E-state index contributed by atoms with van der Waals surface area (Å²) in [5.74, 6) is 0.885. The lowest BCUT2D eigenvalue weighted by molar-refractivity contribution is 0.102. The van der Waals surface area contributed by atoms with E-state index in [1.807, 2.05) is 27.7 Å². The summed E-state index contributed by atoms with van der Waals surface area (Å²) >= 11 is 0. The van der Waals surface area contributed by atoms with Crippen LogP contribution in [0.3, 0.4) is 0 Å². The van der Waals surface area contributed by atoms with Gasteiger partial charge in [-0.15, -0.1) is 0 Å². The van der Waals surface area contributed by atoms with Crippen molar-refractivity contribution in [2.75, 3.05) is 44.9 Å². The highest BCUT2D eigenvalue weighted by molar-refractivity contribution is 7.89. The molecule has 9 nitrogen and oxygen atoms in total. The maximum absolute atomic E-state index is 12.9. The molecule has 10 heteroatoms. The van der Waals surface area contributed by atoms with Crippen molar-refractivity contribution in [3.8, 4) is 17.2 Å². The minimum Gasteiger partial charge on any atom is -0.490 e. The van der Waals surface area contributed by atoms with E-state index < -0.39 is 15.9 Å². The Morgan fingerprint density at radius 3 is 1.97 bits per heavy atom. The fourth-order valence-corrected chi connectivity index (χ4v) is 4.12. The minimum atomic E-state index is -3.64. The molecule has 2 aromatic carbocycles. The number of anilines is 1. The van der Waals surface area contributed by atoms with Crippen molar-refractivity contribution < 1.29 is 32.2 Å². The van der Waals surface area contributed by atoms with Gasteiger partial charge in [-0.2, -0.15) is 0 Å². The third kappa shape index (κ3) is 7.89. The molecule has 0 saturated heterocycles. The van der Waals surface area contributed by atoms with Crippen LogP contribution in [-0.2, 0) is 14.8 Å². The van der Waals surface area contributed by atoms with Gasteiger partial charge in [-0.3, -0.25) is 4.79 Å². The number of hydrogen-bond acceptors (Lipinski definition) is 7. The van der Waals surface area contributed by atoms with Gasteiger partial charge in [0.05, 0.1) is 24.7 Å². The first-order valence-corrected chi connectivity index (χ1v) is 12.9. The molecule has 0 atom stereocenters. The SMILES string of the molecule is CCOCCCNS(=O)(=O)c1ccc(NC(=O)c2cc(OCC)c(OCC)c(OCC)c2)cc1. The van der Waals surface area contributed by atoms with Crippen LogP contribution in [0.15, 0.2) is 41.3 Å². The third-order valence-corrected chi connectivity index (χ3v) is 6.03. The van der Waals surface area contributed by atoms with E-state index >= 15 is 0 Å². The Balaban J connectivity index is 2.14. The number of ether oxygens (including phenoxy) is 4. The molecule has 0 heterocycles. The second-order valence-corrected chi connectivity index (χ2v) is 8.79. The van der Waals surface area contributed by atoms with Crippen LogP contribution in [0.4, 0.5) is 5.69 Å². The molecule has 2 N–H and O–H groups in total. The molecular formula is C24H34N2O7S. The highest BCUT2D eigenvalue weighted by Crippen LogP contribution is 2.39. The molecule has 0 radical (unpaired) electrons. The number of benzene rings is 2. The Morgan fingerprint density at radius 1 is 0.853 bits per heavy atom. The van der Waals surface area contributed by atoms with Gasteiger partial charge in [-0.1, -0.05) is 0 Å². The highest BCUT2D eigenvalue weighted by atomic mass is 32.2. The zero-order valence-electron chi connectivity index (χ0n) is 20.2. The van der Waals surface area contributed by atoms with Crippen molar-refractivity contribution in [3.63, 3.8) is 0 Å². The number of hydrogen-bond donors (Lipinski definition) is 2. The van der Waals surface area contributed by atoms with Gasteiger partial charge >= 0.3 is 0 Å². The zero-order chi connectivity index (χ0) is 25.0. The van der Waals surface area contributed by atoms with E-state index in [2.05, 4.69) is 10.0 Å². The number of carbonyl (C=O) groups is 1. The number of nitrogens with one attached hydrogen (secondary N) is 2. The summed E-state index contributed by atoms with van der Waals surface area (Å²) in [6.45, 7) is 9.99. The molecule has 2 rings (SSSR count). The predicted molar refractivity (Wildman–Crippen MR) is 131 cm³/mol. The van der Waals surface area contributed by atoms with Crippen LogP contribution >= 0.6 is 0 Å². The van der Waals surface area contributed by atoms with Crippen LogP contribution in [0, 0.1) is 0 Å². The first-order chi connectivity index (χ1) is 16.4. The quantitative estimate of drug-likeness (QED) is 0.362. The predicted octanol–water partition coefficient (Wildman–Crippen LogP) is 3.84. The van der Waals surface area contributed by atoms with Gasteiger partial charge < -0.3 is 24.3 Å². The second-order valence-electron chi connectivity index (χ2n) is 7.03. The first-order valence-electron chi connectivity index (χ1n) is 11.4. The summed E-state index contributed by atoms with van der Waals surface area (Å²) in [6.07, 6.45) is 0.580. The van der Waals surface area contributed by atoms with Gasteiger partial charge in [0.15, 0.2) is 11.5 Å². The van der Waals surface area contributed by atoms with Crippen LogP contribution in [0.5, 0.6) is 17.2 Å². The standard InChI is InChI=1S/C24H34N2O7S/c1-5-30-15-9-14-25-34(28,29)20-12-10-19(11-13-20)26-24(27)18-16-21(31-6-2)23(33-8-4)22(17-18)32-7-3/h10-13,16-17,25H,5-9,14-15H2,1-4H3,(H,26,27). The molecule has 0 fully saturated rings. The Kier molecular flexibility index (Phi) is 11.1. The van der Waals surface area contributed by atoms with Crippen LogP contribution < -0.4 is 24.2 Å². The lowest BCUT2D eigenvalue weighted by Gasteiger charge is -2.17. The van der Waals surface area contributed by atoms with E-state index in [9.17, 15) is 13.2 Å². The average Bonchev–Trinajstić information content (AvgIpc) is 2.81.